The van der Waals surface area contributed by atoms with Gasteiger partial charge in [-0.3, -0.25) is 15.1 Å². The average molecular weight is 478 g/mol. The van der Waals surface area contributed by atoms with Crippen molar-refractivity contribution in [3.8, 4) is 11.9 Å². The SMILES string of the molecule is COc1ccccc1C(=O)NCC1(c2ccccc2F)CCC(NC(=NCC2CC2)NC#N)CC1. The number of aliphatic imine (C=N–C) groups is 1. The van der Waals surface area contributed by atoms with E-state index in [-0.39, 0.29) is 17.8 Å². The van der Waals surface area contributed by atoms with Crippen LogP contribution in [0.3, 0.4) is 0 Å². The second kappa shape index (κ2) is 11.2. The van der Waals surface area contributed by atoms with Crippen LogP contribution in [-0.4, -0.2) is 38.1 Å². The van der Waals surface area contributed by atoms with Gasteiger partial charge in [-0.2, -0.15) is 5.26 Å². The van der Waals surface area contributed by atoms with E-state index in [9.17, 15) is 9.18 Å². The van der Waals surface area contributed by atoms with E-state index in [0.29, 0.717) is 48.1 Å². The van der Waals surface area contributed by atoms with Gasteiger partial charge in [0.05, 0.1) is 12.7 Å². The molecule has 0 saturated heterocycles. The summed E-state index contributed by atoms with van der Waals surface area (Å²) in [6.45, 7) is 1.04. The molecule has 0 heterocycles. The van der Waals surface area contributed by atoms with Crippen LogP contribution in [-0.2, 0) is 5.41 Å². The second-order valence-electron chi connectivity index (χ2n) is 9.43. The number of rotatable bonds is 8. The maximum Gasteiger partial charge on any atom is 0.255 e. The maximum absolute atomic E-state index is 15.0. The van der Waals surface area contributed by atoms with Gasteiger partial charge >= 0.3 is 0 Å². The minimum atomic E-state index is -0.533. The number of halogens is 1. The number of hydrogen-bond donors (Lipinski definition) is 3. The quantitative estimate of drug-likeness (QED) is 0.232. The third kappa shape index (κ3) is 6.10. The second-order valence-corrected chi connectivity index (χ2v) is 9.43. The van der Waals surface area contributed by atoms with Crippen molar-refractivity contribution < 1.29 is 13.9 Å². The van der Waals surface area contributed by atoms with E-state index >= 15 is 0 Å². The van der Waals surface area contributed by atoms with Crippen LogP contribution >= 0.6 is 0 Å². The lowest BCUT2D eigenvalue weighted by molar-refractivity contribution is 0.0931. The number of guanidine groups is 1. The fourth-order valence-electron chi connectivity index (χ4n) is 4.81. The molecule has 2 saturated carbocycles. The van der Waals surface area contributed by atoms with Gasteiger partial charge in [0.1, 0.15) is 11.6 Å². The Morgan fingerprint density at radius 3 is 2.54 bits per heavy atom. The largest absolute Gasteiger partial charge is 0.496 e. The molecule has 0 radical (unpaired) electrons. The fourth-order valence-corrected chi connectivity index (χ4v) is 4.81. The van der Waals surface area contributed by atoms with Crippen molar-refractivity contribution in [2.45, 2.75) is 50.0 Å². The average Bonchev–Trinajstić information content (AvgIpc) is 3.72. The molecule has 4 rings (SSSR count). The predicted octanol–water partition coefficient (Wildman–Crippen LogP) is 3.87. The molecule has 0 spiro atoms. The first-order valence-electron chi connectivity index (χ1n) is 12.2. The van der Waals surface area contributed by atoms with E-state index in [1.165, 1.54) is 26.0 Å². The monoisotopic (exact) mass is 477 g/mol. The number of carbonyl (C=O) groups is 1. The van der Waals surface area contributed by atoms with E-state index in [0.717, 1.165) is 19.4 Å². The summed E-state index contributed by atoms with van der Waals surface area (Å²) >= 11 is 0. The molecule has 184 valence electrons. The molecular formula is C27H32FN5O2. The highest BCUT2D eigenvalue weighted by Crippen LogP contribution is 2.40. The molecule has 35 heavy (non-hydrogen) atoms. The Balaban J connectivity index is 1.47. The third-order valence-corrected chi connectivity index (χ3v) is 7.05. The van der Waals surface area contributed by atoms with Gasteiger partial charge in [-0.1, -0.05) is 30.3 Å². The number of carbonyl (C=O) groups excluding carboxylic acids is 1. The Bertz CT molecular complexity index is 1100. The van der Waals surface area contributed by atoms with Gasteiger partial charge in [-0.25, -0.2) is 4.39 Å². The number of para-hydroxylation sites is 1. The molecule has 1 amide bonds. The van der Waals surface area contributed by atoms with E-state index < -0.39 is 5.41 Å². The first kappa shape index (κ1) is 24.5. The van der Waals surface area contributed by atoms with Gasteiger partial charge in [0.15, 0.2) is 6.19 Å². The highest BCUT2D eigenvalue weighted by molar-refractivity contribution is 5.97. The molecule has 0 unspecified atom stereocenters. The van der Waals surface area contributed by atoms with Crippen LogP contribution in [0.1, 0.15) is 54.4 Å². The summed E-state index contributed by atoms with van der Waals surface area (Å²) in [6.07, 6.45) is 7.22. The molecule has 2 aromatic rings. The van der Waals surface area contributed by atoms with Crippen molar-refractivity contribution in [1.82, 2.24) is 16.0 Å². The summed E-state index contributed by atoms with van der Waals surface area (Å²) in [5, 5.41) is 18.2. The number of nitrogens with one attached hydrogen (secondary N) is 3. The fraction of sp³-hybridized carbons (Fsp3) is 0.444. The van der Waals surface area contributed by atoms with Crippen LogP contribution in [0.2, 0.25) is 0 Å². The number of benzene rings is 2. The molecule has 0 atom stereocenters. The molecule has 3 N–H and O–H groups in total. The van der Waals surface area contributed by atoms with Gasteiger partial charge in [-0.15, -0.1) is 0 Å². The first-order valence-corrected chi connectivity index (χ1v) is 12.2. The lowest BCUT2D eigenvalue weighted by Crippen LogP contribution is -2.49. The Morgan fingerprint density at radius 2 is 1.86 bits per heavy atom. The molecule has 0 bridgehead atoms. The smallest absolute Gasteiger partial charge is 0.255 e. The van der Waals surface area contributed by atoms with Crippen LogP contribution in [0.25, 0.3) is 0 Å². The zero-order valence-electron chi connectivity index (χ0n) is 20.0. The van der Waals surface area contributed by atoms with Crippen LogP contribution in [0.4, 0.5) is 4.39 Å². The summed E-state index contributed by atoms with van der Waals surface area (Å²) in [4.78, 5) is 17.5. The number of methoxy groups -OCH3 is 1. The summed E-state index contributed by atoms with van der Waals surface area (Å²) in [6, 6.07) is 14.0. The minimum Gasteiger partial charge on any atom is -0.496 e. The molecule has 2 fully saturated rings. The van der Waals surface area contributed by atoms with Gasteiger partial charge < -0.3 is 15.4 Å². The minimum absolute atomic E-state index is 0.110. The Labute approximate surface area is 205 Å². The predicted molar refractivity (Wildman–Crippen MR) is 133 cm³/mol. The van der Waals surface area contributed by atoms with Crippen LogP contribution in [0.15, 0.2) is 53.5 Å². The highest BCUT2D eigenvalue weighted by Gasteiger charge is 2.39. The number of nitrogens with zero attached hydrogens (tertiary/aromatic N) is 2. The van der Waals surface area contributed by atoms with Crippen molar-refractivity contribution >= 4 is 11.9 Å². The van der Waals surface area contributed by atoms with E-state index in [1.54, 1.807) is 24.3 Å². The van der Waals surface area contributed by atoms with E-state index in [2.05, 4.69) is 20.9 Å². The van der Waals surface area contributed by atoms with Gasteiger partial charge in [0.2, 0.25) is 5.96 Å². The Hall–Kier alpha value is -3.60. The first-order chi connectivity index (χ1) is 17.0. The van der Waals surface area contributed by atoms with Gasteiger partial charge in [-0.05, 0) is 68.2 Å². The summed E-state index contributed by atoms with van der Waals surface area (Å²) in [5.41, 5.74) is 0.541. The summed E-state index contributed by atoms with van der Waals surface area (Å²) < 4.78 is 20.3. The molecule has 0 aliphatic heterocycles. The Morgan fingerprint density at radius 1 is 1.14 bits per heavy atom. The number of nitriles is 1. The normalized spacial score (nSPS) is 22.1. The van der Waals surface area contributed by atoms with E-state index in [4.69, 9.17) is 10.00 Å². The number of hydrogen-bond acceptors (Lipinski definition) is 4. The molecule has 2 aliphatic carbocycles. The molecular weight excluding hydrogens is 445 g/mol. The molecule has 7 nitrogen and oxygen atoms in total. The van der Waals surface area contributed by atoms with Crippen molar-refractivity contribution in [2.75, 3.05) is 20.2 Å². The van der Waals surface area contributed by atoms with Crippen molar-refractivity contribution in [1.29, 1.82) is 5.26 Å². The maximum atomic E-state index is 15.0. The van der Waals surface area contributed by atoms with E-state index in [1.807, 2.05) is 24.4 Å². The Kier molecular flexibility index (Phi) is 7.86. The molecule has 2 aliphatic rings. The van der Waals surface area contributed by atoms with Gasteiger partial charge in [0, 0.05) is 24.5 Å². The van der Waals surface area contributed by atoms with Crippen LogP contribution in [0, 0.1) is 23.2 Å². The summed E-state index contributed by atoms with van der Waals surface area (Å²) in [5.74, 6) is 1.13. The zero-order chi connectivity index (χ0) is 24.7. The lowest BCUT2D eigenvalue weighted by Gasteiger charge is -2.41. The van der Waals surface area contributed by atoms with Crippen molar-refractivity contribution in [2.24, 2.45) is 10.9 Å². The van der Waals surface area contributed by atoms with Crippen molar-refractivity contribution in [3.05, 3.63) is 65.5 Å². The van der Waals surface area contributed by atoms with Gasteiger partial charge in [0.25, 0.3) is 5.91 Å². The molecule has 0 aromatic heterocycles. The topological polar surface area (TPSA) is 98.5 Å². The van der Waals surface area contributed by atoms with Crippen LogP contribution < -0.4 is 20.7 Å². The number of ether oxygens (including phenoxy) is 1. The standard InChI is InChI=1S/C27H32FN5O2/c1-35-24-9-5-2-6-21(24)25(34)31-17-27(22-7-3-4-8-23(22)28)14-12-20(13-15-27)33-26(32-18-29)30-16-19-10-11-19/h2-9,19-20H,10-17H2,1H3,(H,31,34)(H2,30,32,33). The zero-order valence-corrected chi connectivity index (χ0v) is 20.0. The molecule has 8 heteroatoms. The highest BCUT2D eigenvalue weighted by atomic mass is 19.1. The summed E-state index contributed by atoms with van der Waals surface area (Å²) in [7, 11) is 1.53. The molecule has 2 aromatic carbocycles. The lowest BCUT2D eigenvalue weighted by atomic mass is 9.68. The van der Waals surface area contributed by atoms with Crippen molar-refractivity contribution in [3.63, 3.8) is 0 Å². The number of amides is 1. The van der Waals surface area contributed by atoms with Crippen LogP contribution in [0.5, 0.6) is 5.75 Å². The third-order valence-electron chi connectivity index (χ3n) is 7.05.